The van der Waals surface area contributed by atoms with Crippen molar-refractivity contribution in [2.24, 2.45) is 10.9 Å². The zero-order valence-corrected chi connectivity index (χ0v) is 16.0. The summed E-state index contributed by atoms with van der Waals surface area (Å²) >= 11 is 0. The molecule has 0 spiro atoms. The predicted molar refractivity (Wildman–Crippen MR) is 99.1 cm³/mol. The number of nitrogens with one attached hydrogen (secondary N) is 2. The number of aliphatic imine (C=N–C) groups is 1. The van der Waals surface area contributed by atoms with Crippen molar-refractivity contribution in [1.29, 1.82) is 0 Å². The lowest BCUT2D eigenvalue weighted by atomic mass is 10.0. The van der Waals surface area contributed by atoms with Crippen LogP contribution in [0.4, 0.5) is 0 Å². The molecule has 1 fully saturated rings. The molecular weight excluding hydrogens is 288 g/mol. The zero-order chi connectivity index (χ0) is 17.1. The van der Waals surface area contributed by atoms with Gasteiger partial charge in [-0.3, -0.25) is 4.99 Å². The lowest BCUT2D eigenvalue weighted by Crippen LogP contribution is -2.40. The molecular formula is C18H38N4O. The summed E-state index contributed by atoms with van der Waals surface area (Å²) in [4.78, 5) is 7.23. The first-order valence-corrected chi connectivity index (χ1v) is 9.26. The smallest absolute Gasteiger partial charge is 0.191 e. The number of piperidine rings is 1. The first-order chi connectivity index (χ1) is 11.0. The molecule has 1 rings (SSSR count). The molecule has 0 amide bonds. The molecule has 136 valence electrons. The molecule has 5 heteroatoms. The highest BCUT2D eigenvalue weighted by Gasteiger charge is 2.16. The maximum Gasteiger partial charge on any atom is 0.191 e. The zero-order valence-electron chi connectivity index (χ0n) is 16.0. The Bertz CT molecular complexity index is 344. The first kappa shape index (κ1) is 20.2. The van der Waals surface area contributed by atoms with Gasteiger partial charge in [-0.1, -0.05) is 6.92 Å². The van der Waals surface area contributed by atoms with Crippen molar-refractivity contribution in [2.45, 2.75) is 59.0 Å². The molecule has 0 aromatic heterocycles. The molecule has 1 atom stereocenters. The Hall–Kier alpha value is -0.810. The van der Waals surface area contributed by atoms with Gasteiger partial charge in [0.1, 0.15) is 0 Å². The fraction of sp³-hybridized carbons (Fsp3) is 0.944. The number of likely N-dealkylation sites (tertiary alicyclic amines) is 1. The van der Waals surface area contributed by atoms with Crippen LogP contribution in [0.25, 0.3) is 0 Å². The van der Waals surface area contributed by atoms with Crippen LogP contribution < -0.4 is 10.6 Å². The summed E-state index contributed by atoms with van der Waals surface area (Å²) in [6.45, 7) is 14.9. The highest BCUT2D eigenvalue weighted by atomic mass is 16.5. The maximum atomic E-state index is 5.42. The molecule has 0 aromatic carbocycles. The third kappa shape index (κ3) is 9.16. The van der Waals surface area contributed by atoms with E-state index in [2.05, 4.69) is 48.2 Å². The summed E-state index contributed by atoms with van der Waals surface area (Å²) in [5, 5.41) is 6.73. The van der Waals surface area contributed by atoms with Crippen LogP contribution in [0, 0.1) is 5.92 Å². The van der Waals surface area contributed by atoms with Crippen LogP contribution in [0.2, 0.25) is 0 Å². The van der Waals surface area contributed by atoms with Crippen molar-refractivity contribution in [3.63, 3.8) is 0 Å². The Balaban J connectivity index is 2.20. The van der Waals surface area contributed by atoms with E-state index in [0.29, 0.717) is 6.54 Å². The summed E-state index contributed by atoms with van der Waals surface area (Å²) in [7, 11) is 1.73. The average Bonchev–Trinajstić information content (AvgIpc) is 2.52. The summed E-state index contributed by atoms with van der Waals surface area (Å²) in [5.74, 6) is 1.77. The molecule has 0 saturated carbocycles. The number of rotatable bonds is 9. The van der Waals surface area contributed by atoms with Crippen LogP contribution >= 0.6 is 0 Å². The minimum atomic E-state index is -0.215. The van der Waals surface area contributed by atoms with E-state index in [1.807, 2.05) is 0 Å². The summed E-state index contributed by atoms with van der Waals surface area (Å²) in [5.41, 5.74) is -0.215. The van der Waals surface area contributed by atoms with Gasteiger partial charge in [-0.15, -0.1) is 0 Å². The third-order valence-electron chi connectivity index (χ3n) is 4.45. The Kier molecular flexibility index (Phi) is 9.56. The normalized spacial score (nSPS) is 20.6. The average molecular weight is 327 g/mol. The van der Waals surface area contributed by atoms with Gasteiger partial charge >= 0.3 is 0 Å². The minimum absolute atomic E-state index is 0.215. The monoisotopic (exact) mass is 326 g/mol. The number of hydrogen-bond donors (Lipinski definition) is 2. The molecule has 1 heterocycles. The van der Waals surface area contributed by atoms with Crippen molar-refractivity contribution in [3.05, 3.63) is 0 Å². The van der Waals surface area contributed by atoms with Gasteiger partial charge in [0.05, 0.1) is 12.1 Å². The number of methoxy groups -OCH3 is 1. The summed E-state index contributed by atoms with van der Waals surface area (Å²) < 4.78 is 5.42. The fourth-order valence-corrected chi connectivity index (χ4v) is 2.83. The van der Waals surface area contributed by atoms with Gasteiger partial charge in [0.2, 0.25) is 0 Å². The van der Waals surface area contributed by atoms with Gasteiger partial charge in [0.25, 0.3) is 0 Å². The van der Waals surface area contributed by atoms with Crippen LogP contribution in [0.15, 0.2) is 4.99 Å². The van der Waals surface area contributed by atoms with E-state index in [1.165, 1.54) is 45.3 Å². The van der Waals surface area contributed by atoms with Crippen molar-refractivity contribution >= 4 is 5.96 Å². The van der Waals surface area contributed by atoms with E-state index >= 15 is 0 Å². The first-order valence-electron chi connectivity index (χ1n) is 9.26. The molecule has 5 nitrogen and oxygen atoms in total. The van der Waals surface area contributed by atoms with Crippen molar-refractivity contribution in [1.82, 2.24) is 15.5 Å². The second-order valence-electron chi connectivity index (χ2n) is 7.34. The second kappa shape index (κ2) is 10.9. The second-order valence-corrected chi connectivity index (χ2v) is 7.34. The van der Waals surface area contributed by atoms with Crippen LogP contribution in [-0.2, 0) is 4.74 Å². The number of nitrogens with zero attached hydrogens (tertiary/aromatic N) is 2. The minimum Gasteiger partial charge on any atom is -0.377 e. The number of hydrogen-bond acceptors (Lipinski definition) is 3. The van der Waals surface area contributed by atoms with Crippen molar-refractivity contribution < 1.29 is 4.74 Å². The van der Waals surface area contributed by atoms with E-state index in [9.17, 15) is 0 Å². The maximum absolute atomic E-state index is 5.42. The molecule has 1 saturated heterocycles. The van der Waals surface area contributed by atoms with Gasteiger partial charge in [0, 0.05) is 26.7 Å². The number of unbranched alkanes of at least 4 members (excludes halogenated alkanes) is 1. The molecule has 23 heavy (non-hydrogen) atoms. The SMILES string of the molecule is CCNC(=NCC(C)(C)OC)NCCCCN1CCCC(C)C1. The highest BCUT2D eigenvalue weighted by Crippen LogP contribution is 2.15. The van der Waals surface area contributed by atoms with Crippen LogP contribution in [0.3, 0.4) is 0 Å². The molecule has 1 unspecified atom stereocenters. The molecule has 0 aliphatic carbocycles. The molecule has 2 N–H and O–H groups in total. The van der Waals surface area contributed by atoms with Crippen LogP contribution in [0.5, 0.6) is 0 Å². The van der Waals surface area contributed by atoms with Crippen molar-refractivity contribution in [3.8, 4) is 0 Å². The molecule has 0 radical (unpaired) electrons. The van der Waals surface area contributed by atoms with E-state index in [1.54, 1.807) is 7.11 Å². The standard InChI is InChI=1S/C18H38N4O/c1-6-19-17(21-15-18(3,4)23-5)20-11-7-8-12-22-13-9-10-16(2)14-22/h16H,6-15H2,1-5H3,(H2,19,20,21). The molecule has 1 aliphatic heterocycles. The van der Waals surface area contributed by atoms with E-state index in [0.717, 1.165) is 25.0 Å². The van der Waals surface area contributed by atoms with Gasteiger partial charge in [-0.25, -0.2) is 0 Å². The van der Waals surface area contributed by atoms with Gasteiger partial charge < -0.3 is 20.3 Å². The predicted octanol–water partition coefficient (Wildman–Crippen LogP) is 2.48. The van der Waals surface area contributed by atoms with Crippen LogP contribution in [-0.4, -0.2) is 62.8 Å². The summed E-state index contributed by atoms with van der Waals surface area (Å²) in [6, 6.07) is 0. The van der Waals surface area contributed by atoms with Gasteiger partial charge in [-0.05, 0) is 65.5 Å². The third-order valence-corrected chi connectivity index (χ3v) is 4.45. The Morgan fingerprint density at radius 3 is 2.74 bits per heavy atom. The van der Waals surface area contributed by atoms with E-state index < -0.39 is 0 Å². The quantitative estimate of drug-likeness (QED) is 0.388. The number of guanidine groups is 1. The van der Waals surface area contributed by atoms with E-state index in [-0.39, 0.29) is 5.60 Å². The van der Waals surface area contributed by atoms with Crippen molar-refractivity contribution in [2.75, 3.05) is 46.4 Å². The lowest BCUT2D eigenvalue weighted by Gasteiger charge is -2.30. The Morgan fingerprint density at radius 2 is 2.09 bits per heavy atom. The van der Waals surface area contributed by atoms with Gasteiger partial charge in [-0.2, -0.15) is 0 Å². The Labute approximate surface area is 143 Å². The summed E-state index contributed by atoms with van der Waals surface area (Å²) in [6.07, 6.45) is 5.20. The van der Waals surface area contributed by atoms with Crippen LogP contribution in [0.1, 0.15) is 53.4 Å². The molecule has 0 aromatic rings. The highest BCUT2D eigenvalue weighted by molar-refractivity contribution is 5.79. The van der Waals surface area contributed by atoms with Gasteiger partial charge in [0.15, 0.2) is 5.96 Å². The molecule has 0 bridgehead atoms. The van der Waals surface area contributed by atoms with E-state index in [4.69, 9.17) is 4.74 Å². The topological polar surface area (TPSA) is 48.9 Å². The number of ether oxygens (including phenoxy) is 1. The fourth-order valence-electron chi connectivity index (χ4n) is 2.83. The Morgan fingerprint density at radius 1 is 1.30 bits per heavy atom. The largest absolute Gasteiger partial charge is 0.377 e. The molecule has 1 aliphatic rings. The lowest BCUT2D eigenvalue weighted by molar-refractivity contribution is 0.0310.